The van der Waals surface area contributed by atoms with Crippen LogP contribution in [0.1, 0.15) is 0 Å². The van der Waals surface area contributed by atoms with Crippen LogP contribution in [0.2, 0.25) is 0 Å². The third-order valence-electron chi connectivity index (χ3n) is 3.17. The standard InChI is InChI=1S/C11H12N2O7S/c1-20-9-3-2-8(13(16)17)4-10(9)21(18,19)12-5-7(6-12)11(14)15/h2-4,7H,5-6H2,1H3,(H,14,15). The molecule has 114 valence electrons. The lowest BCUT2D eigenvalue weighted by Gasteiger charge is -2.35. The molecule has 1 heterocycles. The summed E-state index contributed by atoms with van der Waals surface area (Å²) in [6, 6.07) is 3.23. The molecular weight excluding hydrogens is 304 g/mol. The Balaban J connectivity index is 2.38. The zero-order valence-electron chi connectivity index (χ0n) is 10.9. The third kappa shape index (κ3) is 2.67. The van der Waals surface area contributed by atoms with E-state index in [-0.39, 0.29) is 29.4 Å². The summed E-state index contributed by atoms with van der Waals surface area (Å²) in [5.74, 6) is -1.86. The van der Waals surface area contributed by atoms with Crippen LogP contribution in [0, 0.1) is 16.0 Å². The number of sulfonamides is 1. The fourth-order valence-corrected chi connectivity index (χ4v) is 3.62. The number of nitro benzene ring substituents is 1. The fourth-order valence-electron chi connectivity index (χ4n) is 1.91. The van der Waals surface area contributed by atoms with Crippen molar-refractivity contribution in [1.82, 2.24) is 4.31 Å². The molecular formula is C11H12N2O7S. The van der Waals surface area contributed by atoms with Crippen molar-refractivity contribution in [1.29, 1.82) is 0 Å². The molecule has 1 aliphatic rings. The van der Waals surface area contributed by atoms with Crippen LogP contribution in [0.5, 0.6) is 5.75 Å². The van der Waals surface area contributed by atoms with Gasteiger partial charge >= 0.3 is 5.97 Å². The van der Waals surface area contributed by atoms with Gasteiger partial charge in [0.05, 0.1) is 18.0 Å². The van der Waals surface area contributed by atoms with Crippen LogP contribution in [0.4, 0.5) is 5.69 Å². The molecule has 0 bridgehead atoms. The van der Waals surface area contributed by atoms with Gasteiger partial charge in [-0.1, -0.05) is 0 Å². The summed E-state index contributed by atoms with van der Waals surface area (Å²) in [6.45, 7) is -0.326. The Bertz CT molecular complexity index is 695. The molecule has 1 N–H and O–H groups in total. The summed E-state index contributed by atoms with van der Waals surface area (Å²) < 4.78 is 30.6. The SMILES string of the molecule is COc1ccc([N+](=O)[O-])cc1S(=O)(=O)N1CC(C(=O)O)C1. The molecule has 0 saturated carbocycles. The molecule has 0 atom stereocenters. The predicted octanol–water partition coefficient (Wildman–Crippen LogP) is 0.308. The molecule has 10 heteroatoms. The van der Waals surface area contributed by atoms with Crippen molar-refractivity contribution in [2.75, 3.05) is 20.2 Å². The van der Waals surface area contributed by atoms with Crippen molar-refractivity contribution < 1.29 is 28.0 Å². The smallest absolute Gasteiger partial charge is 0.309 e. The number of carbonyl (C=O) groups is 1. The van der Waals surface area contributed by atoms with E-state index in [1.165, 1.54) is 13.2 Å². The van der Waals surface area contributed by atoms with E-state index in [0.717, 1.165) is 16.4 Å². The number of carboxylic acid groups (broad SMARTS) is 1. The van der Waals surface area contributed by atoms with Crippen molar-refractivity contribution >= 4 is 21.7 Å². The van der Waals surface area contributed by atoms with Crippen molar-refractivity contribution in [3.63, 3.8) is 0 Å². The first-order valence-electron chi connectivity index (χ1n) is 5.82. The topological polar surface area (TPSA) is 127 Å². The number of aliphatic carboxylic acids is 1. The second-order valence-electron chi connectivity index (χ2n) is 4.45. The molecule has 1 saturated heterocycles. The summed E-state index contributed by atoms with van der Waals surface area (Å²) in [5, 5.41) is 19.5. The minimum Gasteiger partial charge on any atom is -0.495 e. The van der Waals surface area contributed by atoms with E-state index in [1.54, 1.807) is 0 Å². The number of non-ortho nitro benzene ring substituents is 1. The zero-order chi connectivity index (χ0) is 15.8. The summed E-state index contributed by atoms with van der Waals surface area (Å²) in [4.78, 5) is 20.4. The summed E-state index contributed by atoms with van der Waals surface area (Å²) in [6.07, 6.45) is 0. The van der Waals surface area contributed by atoms with Gasteiger partial charge in [-0.05, 0) is 6.07 Å². The predicted molar refractivity (Wildman–Crippen MR) is 69.5 cm³/mol. The van der Waals surface area contributed by atoms with Gasteiger partial charge in [0, 0.05) is 25.2 Å². The maximum absolute atomic E-state index is 12.4. The highest BCUT2D eigenvalue weighted by Crippen LogP contribution is 2.33. The fraction of sp³-hybridized carbons (Fsp3) is 0.364. The van der Waals surface area contributed by atoms with Crippen molar-refractivity contribution in [2.24, 2.45) is 5.92 Å². The van der Waals surface area contributed by atoms with Crippen LogP contribution in [0.3, 0.4) is 0 Å². The van der Waals surface area contributed by atoms with Gasteiger partial charge in [0.1, 0.15) is 10.6 Å². The van der Waals surface area contributed by atoms with Gasteiger partial charge in [0.15, 0.2) is 0 Å². The van der Waals surface area contributed by atoms with Crippen molar-refractivity contribution in [2.45, 2.75) is 4.90 Å². The average Bonchev–Trinajstić information content (AvgIpc) is 2.35. The Morgan fingerprint density at radius 1 is 1.48 bits per heavy atom. The molecule has 9 nitrogen and oxygen atoms in total. The number of nitro groups is 1. The third-order valence-corrected chi connectivity index (χ3v) is 5.03. The normalized spacial score (nSPS) is 16.2. The molecule has 0 spiro atoms. The van der Waals surface area contributed by atoms with Gasteiger partial charge in [-0.3, -0.25) is 14.9 Å². The Labute approximate surface area is 119 Å². The Morgan fingerprint density at radius 2 is 2.10 bits per heavy atom. The number of rotatable bonds is 5. The van der Waals surface area contributed by atoms with E-state index < -0.39 is 26.8 Å². The minimum atomic E-state index is -4.03. The largest absolute Gasteiger partial charge is 0.495 e. The quantitative estimate of drug-likeness (QED) is 0.611. The molecule has 2 rings (SSSR count). The molecule has 0 radical (unpaired) electrons. The van der Waals surface area contributed by atoms with Gasteiger partial charge < -0.3 is 9.84 Å². The van der Waals surface area contributed by atoms with E-state index in [9.17, 15) is 23.3 Å². The number of methoxy groups -OCH3 is 1. The molecule has 1 fully saturated rings. The molecule has 0 amide bonds. The first kappa shape index (κ1) is 15.2. The van der Waals surface area contributed by atoms with Crippen LogP contribution < -0.4 is 4.74 Å². The molecule has 0 aromatic heterocycles. The Hall–Kier alpha value is -2.20. The van der Waals surface area contributed by atoms with E-state index in [4.69, 9.17) is 9.84 Å². The first-order chi connectivity index (χ1) is 9.77. The number of nitrogens with zero attached hydrogens (tertiary/aromatic N) is 2. The highest BCUT2D eigenvalue weighted by atomic mass is 32.2. The van der Waals surface area contributed by atoms with Gasteiger partial charge in [0.25, 0.3) is 5.69 Å². The van der Waals surface area contributed by atoms with Gasteiger partial charge in [-0.2, -0.15) is 4.31 Å². The number of carboxylic acids is 1. The second-order valence-corrected chi connectivity index (χ2v) is 6.36. The van der Waals surface area contributed by atoms with Crippen LogP contribution >= 0.6 is 0 Å². The number of hydrogen-bond donors (Lipinski definition) is 1. The van der Waals surface area contributed by atoms with Gasteiger partial charge in [-0.25, -0.2) is 8.42 Å². The molecule has 1 aliphatic heterocycles. The minimum absolute atomic E-state index is 0.0284. The lowest BCUT2D eigenvalue weighted by molar-refractivity contribution is -0.385. The van der Waals surface area contributed by atoms with Gasteiger partial charge in [-0.15, -0.1) is 0 Å². The molecule has 1 aromatic carbocycles. The number of benzene rings is 1. The van der Waals surface area contributed by atoms with Gasteiger partial charge in [0.2, 0.25) is 10.0 Å². The maximum atomic E-state index is 12.4. The number of hydrogen-bond acceptors (Lipinski definition) is 6. The Kier molecular flexibility index (Phi) is 3.83. The first-order valence-corrected chi connectivity index (χ1v) is 7.26. The molecule has 21 heavy (non-hydrogen) atoms. The summed E-state index contributed by atoms with van der Waals surface area (Å²) in [7, 11) is -2.78. The Morgan fingerprint density at radius 3 is 2.57 bits per heavy atom. The van der Waals surface area contributed by atoms with Crippen LogP contribution in [0.25, 0.3) is 0 Å². The lowest BCUT2D eigenvalue weighted by Crippen LogP contribution is -2.52. The highest BCUT2D eigenvalue weighted by Gasteiger charge is 2.42. The monoisotopic (exact) mass is 316 g/mol. The van der Waals surface area contributed by atoms with Crippen molar-refractivity contribution in [3.05, 3.63) is 28.3 Å². The molecule has 1 aromatic rings. The van der Waals surface area contributed by atoms with Crippen LogP contribution in [-0.4, -0.2) is 48.9 Å². The van der Waals surface area contributed by atoms with Crippen LogP contribution in [-0.2, 0) is 14.8 Å². The lowest BCUT2D eigenvalue weighted by atomic mass is 10.0. The van der Waals surface area contributed by atoms with Crippen LogP contribution in [0.15, 0.2) is 23.1 Å². The van der Waals surface area contributed by atoms with E-state index in [0.29, 0.717) is 0 Å². The van der Waals surface area contributed by atoms with Crippen molar-refractivity contribution in [3.8, 4) is 5.75 Å². The second kappa shape index (κ2) is 5.30. The summed E-state index contributed by atoms with van der Waals surface area (Å²) in [5.41, 5.74) is -0.385. The molecule has 0 unspecified atom stereocenters. The maximum Gasteiger partial charge on any atom is 0.309 e. The highest BCUT2D eigenvalue weighted by molar-refractivity contribution is 7.89. The zero-order valence-corrected chi connectivity index (χ0v) is 11.7. The molecule has 0 aliphatic carbocycles. The summed E-state index contributed by atoms with van der Waals surface area (Å²) >= 11 is 0. The van der Waals surface area contributed by atoms with E-state index >= 15 is 0 Å². The van der Waals surface area contributed by atoms with E-state index in [2.05, 4.69) is 0 Å². The van der Waals surface area contributed by atoms with E-state index in [1.807, 2.05) is 0 Å². The average molecular weight is 316 g/mol. The number of ether oxygens (including phenoxy) is 1.